The van der Waals surface area contributed by atoms with Gasteiger partial charge in [-0.3, -0.25) is 0 Å². The van der Waals surface area contributed by atoms with Crippen LogP contribution in [-0.4, -0.2) is 26.0 Å². The van der Waals surface area contributed by atoms with Crippen LogP contribution in [0, 0.1) is 0 Å². The van der Waals surface area contributed by atoms with Crippen molar-refractivity contribution in [2.24, 2.45) is 0 Å². The second-order valence-corrected chi connectivity index (χ2v) is 5.44. The minimum atomic E-state index is -4.27. The largest absolute Gasteiger partial charge is 0.493 e. The van der Waals surface area contributed by atoms with E-state index in [1.807, 2.05) is 36.4 Å². The molecule has 2 aromatic carbocycles. The highest BCUT2D eigenvalue weighted by atomic mass is 79.9. The zero-order chi connectivity index (χ0) is 15.3. The van der Waals surface area contributed by atoms with Gasteiger partial charge in [-0.2, -0.15) is 13.2 Å². The van der Waals surface area contributed by atoms with Gasteiger partial charge in [-0.15, -0.1) is 0 Å². The van der Waals surface area contributed by atoms with Gasteiger partial charge in [0.1, 0.15) is 12.4 Å². The van der Waals surface area contributed by atoms with Gasteiger partial charge in [0.05, 0.1) is 13.2 Å². The van der Waals surface area contributed by atoms with Crippen molar-refractivity contribution in [3.05, 3.63) is 40.9 Å². The summed E-state index contributed by atoms with van der Waals surface area (Å²) in [6.45, 7) is -0.863. The number of alkyl halides is 3. The van der Waals surface area contributed by atoms with Gasteiger partial charge in [0.15, 0.2) is 0 Å². The van der Waals surface area contributed by atoms with Crippen LogP contribution >= 0.6 is 15.9 Å². The Hall–Kier alpha value is -1.27. The van der Waals surface area contributed by atoms with Crippen LogP contribution in [-0.2, 0) is 4.74 Å². The Bertz CT molecular complexity index is 599. The summed E-state index contributed by atoms with van der Waals surface area (Å²) in [4.78, 5) is 0. The van der Waals surface area contributed by atoms with Crippen LogP contribution in [0.15, 0.2) is 40.9 Å². The van der Waals surface area contributed by atoms with Gasteiger partial charge < -0.3 is 9.47 Å². The van der Waals surface area contributed by atoms with Crippen molar-refractivity contribution in [3.63, 3.8) is 0 Å². The molecular weight excluding hydrogens is 349 g/mol. The topological polar surface area (TPSA) is 18.5 Å². The zero-order valence-corrected chi connectivity index (χ0v) is 12.7. The maximum absolute atomic E-state index is 11.8. The molecule has 0 unspecified atom stereocenters. The fraction of sp³-hybridized carbons (Fsp3) is 0.333. The molecule has 2 aromatic rings. The van der Waals surface area contributed by atoms with E-state index in [2.05, 4.69) is 20.7 Å². The van der Waals surface area contributed by atoms with Crippen molar-refractivity contribution in [1.82, 2.24) is 0 Å². The molecule has 0 spiro atoms. The summed E-state index contributed by atoms with van der Waals surface area (Å²) in [6, 6.07) is 11.6. The predicted molar refractivity (Wildman–Crippen MR) is 78.6 cm³/mol. The lowest BCUT2D eigenvalue weighted by atomic mass is 10.1. The first kappa shape index (κ1) is 16.1. The van der Waals surface area contributed by atoms with Crippen LogP contribution in [0.5, 0.6) is 5.75 Å². The van der Waals surface area contributed by atoms with Crippen LogP contribution in [0.2, 0.25) is 0 Å². The SMILES string of the molecule is FC(F)(F)COCCCOc1ccc2cc(Br)ccc2c1. The summed E-state index contributed by atoms with van der Waals surface area (Å²) in [7, 11) is 0. The minimum absolute atomic E-state index is 0.0278. The average Bonchev–Trinajstić information content (AvgIpc) is 2.41. The molecule has 0 atom stereocenters. The highest BCUT2D eigenvalue weighted by molar-refractivity contribution is 9.10. The standard InChI is InChI=1S/C15H14BrF3O2/c16-13-4-2-12-9-14(5-3-11(12)8-13)21-7-1-6-20-10-15(17,18)19/h2-5,8-9H,1,6-7,10H2. The van der Waals surface area contributed by atoms with E-state index in [0.717, 1.165) is 15.2 Å². The first-order valence-corrected chi connectivity index (χ1v) is 7.20. The Morgan fingerprint density at radius 2 is 1.67 bits per heavy atom. The quantitative estimate of drug-likeness (QED) is 0.676. The summed E-state index contributed by atoms with van der Waals surface area (Å²) >= 11 is 3.41. The Morgan fingerprint density at radius 3 is 2.43 bits per heavy atom. The van der Waals surface area contributed by atoms with Crippen molar-refractivity contribution in [1.29, 1.82) is 0 Å². The molecule has 0 aliphatic heterocycles. The second kappa shape index (κ2) is 7.13. The fourth-order valence-electron chi connectivity index (χ4n) is 1.82. The van der Waals surface area contributed by atoms with Gasteiger partial charge in [0.25, 0.3) is 0 Å². The number of ether oxygens (including phenoxy) is 2. The molecule has 0 fully saturated rings. The molecular formula is C15H14BrF3O2. The van der Waals surface area contributed by atoms with E-state index >= 15 is 0 Å². The molecule has 0 saturated heterocycles. The molecule has 0 aliphatic rings. The minimum Gasteiger partial charge on any atom is -0.493 e. The molecule has 0 saturated carbocycles. The molecule has 21 heavy (non-hydrogen) atoms. The lowest BCUT2D eigenvalue weighted by Crippen LogP contribution is -2.18. The summed E-state index contributed by atoms with van der Waals surface area (Å²) in [5.41, 5.74) is 0. The molecule has 6 heteroatoms. The number of hydrogen-bond acceptors (Lipinski definition) is 2. The Morgan fingerprint density at radius 1 is 0.952 bits per heavy atom. The van der Waals surface area contributed by atoms with E-state index in [4.69, 9.17) is 4.74 Å². The smallest absolute Gasteiger partial charge is 0.411 e. The summed E-state index contributed by atoms with van der Waals surface area (Å²) in [5.74, 6) is 0.695. The van der Waals surface area contributed by atoms with Crippen LogP contribution in [0.4, 0.5) is 13.2 Å². The molecule has 0 aromatic heterocycles. The number of hydrogen-bond donors (Lipinski definition) is 0. The summed E-state index contributed by atoms with van der Waals surface area (Å²) in [6.07, 6.45) is -3.86. The van der Waals surface area contributed by atoms with Gasteiger partial charge in [-0.25, -0.2) is 0 Å². The highest BCUT2D eigenvalue weighted by Crippen LogP contribution is 2.24. The molecule has 2 rings (SSSR count). The maximum Gasteiger partial charge on any atom is 0.411 e. The van der Waals surface area contributed by atoms with Crippen molar-refractivity contribution < 1.29 is 22.6 Å². The lowest BCUT2D eigenvalue weighted by molar-refractivity contribution is -0.174. The highest BCUT2D eigenvalue weighted by Gasteiger charge is 2.27. The number of halogens is 4. The van der Waals surface area contributed by atoms with Gasteiger partial charge in [0.2, 0.25) is 0 Å². The van der Waals surface area contributed by atoms with Gasteiger partial charge in [-0.1, -0.05) is 28.1 Å². The van der Waals surface area contributed by atoms with Crippen molar-refractivity contribution >= 4 is 26.7 Å². The molecule has 0 aliphatic carbocycles. The van der Waals surface area contributed by atoms with Crippen LogP contribution in [0.25, 0.3) is 10.8 Å². The van der Waals surface area contributed by atoms with Crippen molar-refractivity contribution in [3.8, 4) is 5.75 Å². The monoisotopic (exact) mass is 362 g/mol. The van der Waals surface area contributed by atoms with Crippen molar-refractivity contribution in [2.45, 2.75) is 12.6 Å². The van der Waals surface area contributed by atoms with E-state index in [1.54, 1.807) is 0 Å². The molecule has 2 nitrogen and oxygen atoms in total. The third kappa shape index (κ3) is 5.55. The Kier molecular flexibility index (Phi) is 5.47. The number of rotatable bonds is 6. The normalized spacial score (nSPS) is 11.8. The van der Waals surface area contributed by atoms with Crippen LogP contribution in [0.1, 0.15) is 6.42 Å². The van der Waals surface area contributed by atoms with E-state index in [-0.39, 0.29) is 6.61 Å². The second-order valence-electron chi connectivity index (χ2n) is 4.52. The molecule has 0 heterocycles. The van der Waals surface area contributed by atoms with E-state index in [1.165, 1.54) is 0 Å². The van der Waals surface area contributed by atoms with Gasteiger partial charge in [-0.05, 0) is 35.0 Å². The zero-order valence-electron chi connectivity index (χ0n) is 11.1. The number of benzene rings is 2. The fourth-order valence-corrected chi connectivity index (χ4v) is 2.20. The molecule has 0 radical (unpaired) electrons. The Labute approximate surface area is 129 Å². The Balaban J connectivity index is 1.77. The molecule has 0 bridgehead atoms. The van der Waals surface area contributed by atoms with Gasteiger partial charge >= 0.3 is 6.18 Å². The van der Waals surface area contributed by atoms with Crippen molar-refractivity contribution in [2.75, 3.05) is 19.8 Å². The maximum atomic E-state index is 11.8. The number of fused-ring (bicyclic) bond motifs is 1. The first-order valence-electron chi connectivity index (χ1n) is 6.41. The summed E-state index contributed by atoms with van der Waals surface area (Å²) in [5, 5.41) is 2.13. The average molecular weight is 363 g/mol. The van der Waals surface area contributed by atoms with E-state index < -0.39 is 12.8 Å². The lowest BCUT2D eigenvalue weighted by Gasteiger charge is -2.09. The predicted octanol–water partition coefficient (Wildman–Crippen LogP) is 4.95. The molecule has 114 valence electrons. The first-order chi connectivity index (χ1) is 9.94. The van der Waals surface area contributed by atoms with Crippen LogP contribution in [0.3, 0.4) is 0 Å². The molecule has 0 N–H and O–H groups in total. The third-order valence-corrected chi connectivity index (χ3v) is 3.23. The summed E-state index contributed by atoms with van der Waals surface area (Å²) < 4.78 is 46.6. The van der Waals surface area contributed by atoms with Gasteiger partial charge in [0, 0.05) is 10.9 Å². The van der Waals surface area contributed by atoms with E-state index in [9.17, 15) is 13.2 Å². The third-order valence-electron chi connectivity index (χ3n) is 2.74. The van der Waals surface area contributed by atoms with Crippen LogP contribution < -0.4 is 4.74 Å². The van der Waals surface area contributed by atoms with E-state index in [0.29, 0.717) is 18.8 Å². The molecule has 0 amide bonds.